The molecule has 0 spiro atoms. The van der Waals surface area contributed by atoms with Crippen LogP contribution in [0.4, 0.5) is 0 Å². The van der Waals surface area contributed by atoms with E-state index in [2.05, 4.69) is 5.43 Å². The Labute approximate surface area is 98.4 Å². The highest BCUT2D eigenvalue weighted by atomic mass is 16.2. The first-order valence-electron chi connectivity index (χ1n) is 4.98. The molecule has 0 atom stereocenters. The molecule has 0 bridgehead atoms. The van der Waals surface area contributed by atoms with Gasteiger partial charge in [0.15, 0.2) is 0 Å². The highest BCUT2D eigenvalue weighted by Gasteiger charge is 2.18. The van der Waals surface area contributed by atoms with E-state index in [1.54, 1.807) is 0 Å². The third-order valence-electron chi connectivity index (χ3n) is 1.79. The van der Waals surface area contributed by atoms with Crippen molar-refractivity contribution in [2.75, 3.05) is 0 Å². The van der Waals surface area contributed by atoms with Crippen LogP contribution in [0.2, 0.25) is 0 Å². The fourth-order valence-electron chi connectivity index (χ4n) is 1.06. The molecule has 8 heteroatoms. The number of imide groups is 1. The molecule has 0 rings (SSSR count). The number of hydrogen-bond donors (Lipinski definition) is 3. The zero-order valence-electron chi connectivity index (χ0n) is 9.78. The maximum absolute atomic E-state index is 11.5. The Kier molecular flexibility index (Phi) is 6.49. The molecular weight excluding hydrogens is 228 g/mol. The molecule has 0 saturated carbocycles. The average Bonchev–Trinajstić information content (AvgIpc) is 2.24. The molecule has 96 valence electrons. The first kappa shape index (κ1) is 15.0. The van der Waals surface area contributed by atoms with E-state index in [-0.39, 0.29) is 19.3 Å². The number of hydrazine groups is 2. The minimum absolute atomic E-state index is 0.0344. The van der Waals surface area contributed by atoms with Crippen LogP contribution in [-0.4, -0.2) is 28.6 Å². The van der Waals surface area contributed by atoms with E-state index < -0.39 is 23.6 Å². The molecule has 0 fully saturated rings. The second-order valence-electron chi connectivity index (χ2n) is 3.34. The predicted octanol–water partition coefficient (Wildman–Crippen LogP) is -1.43. The summed E-state index contributed by atoms with van der Waals surface area (Å²) in [6, 6.07) is 0. The standard InChI is InChI=1S/C9H16N4O4/c1-6(14)12-13(7(2)15)9(17)5-3-4-8(16)11-10/h3-5,10H2,1-2H3,(H,11,16)(H,12,14). The first-order valence-corrected chi connectivity index (χ1v) is 4.98. The normalized spacial score (nSPS) is 9.35. The molecule has 4 amide bonds. The topological polar surface area (TPSA) is 122 Å². The number of carbonyl (C=O) groups is 4. The van der Waals surface area contributed by atoms with Crippen molar-refractivity contribution in [2.24, 2.45) is 5.84 Å². The quantitative estimate of drug-likeness (QED) is 0.318. The summed E-state index contributed by atoms with van der Waals surface area (Å²) in [5.41, 5.74) is 4.02. The van der Waals surface area contributed by atoms with Crippen molar-refractivity contribution >= 4 is 23.6 Å². The van der Waals surface area contributed by atoms with Crippen molar-refractivity contribution < 1.29 is 19.2 Å². The number of amides is 4. The summed E-state index contributed by atoms with van der Waals surface area (Å²) in [5.74, 6) is 2.78. The highest BCUT2D eigenvalue weighted by Crippen LogP contribution is 2.00. The number of carbonyl (C=O) groups excluding carboxylic acids is 4. The van der Waals surface area contributed by atoms with Gasteiger partial charge in [-0.15, -0.1) is 0 Å². The summed E-state index contributed by atoms with van der Waals surface area (Å²) in [6.45, 7) is 2.34. The van der Waals surface area contributed by atoms with Gasteiger partial charge < -0.3 is 0 Å². The van der Waals surface area contributed by atoms with Crippen LogP contribution in [0.25, 0.3) is 0 Å². The largest absolute Gasteiger partial charge is 0.294 e. The second-order valence-corrected chi connectivity index (χ2v) is 3.34. The van der Waals surface area contributed by atoms with Gasteiger partial charge in [-0.05, 0) is 6.42 Å². The predicted molar refractivity (Wildman–Crippen MR) is 57.5 cm³/mol. The van der Waals surface area contributed by atoms with Crippen molar-refractivity contribution in [3.63, 3.8) is 0 Å². The lowest BCUT2D eigenvalue weighted by molar-refractivity contribution is -0.151. The first-order chi connectivity index (χ1) is 7.88. The fraction of sp³-hybridized carbons (Fsp3) is 0.556. The van der Waals surface area contributed by atoms with Gasteiger partial charge in [0.05, 0.1) is 0 Å². The van der Waals surface area contributed by atoms with E-state index in [0.717, 1.165) is 6.92 Å². The lowest BCUT2D eigenvalue weighted by atomic mass is 10.2. The molecule has 0 unspecified atom stereocenters. The van der Waals surface area contributed by atoms with Gasteiger partial charge in [-0.3, -0.25) is 30.0 Å². The van der Waals surface area contributed by atoms with Crippen LogP contribution < -0.4 is 16.7 Å². The summed E-state index contributed by atoms with van der Waals surface area (Å²) in [5, 5.41) is 0.628. The summed E-state index contributed by atoms with van der Waals surface area (Å²) < 4.78 is 0. The van der Waals surface area contributed by atoms with Gasteiger partial charge in [0.2, 0.25) is 23.6 Å². The lowest BCUT2D eigenvalue weighted by Crippen LogP contribution is -2.48. The van der Waals surface area contributed by atoms with E-state index >= 15 is 0 Å². The smallest absolute Gasteiger partial charge is 0.248 e. The summed E-state index contributed by atoms with van der Waals surface area (Å²) >= 11 is 0. The van der Waals surface area contributed by atoms with E-state index in [1.165, 1.54) is 6.92 Å². The van der Waals surface area contributed by atoms with Crippen molar-refractivity contribution in [1.82, 2.24) is 15.9 Å². The number of nitrogens with two attached hydrogens (primary N) is 1. The minimum Gasteiger partial charge on any atom is -0.294 e. The van der Waals surface area contributed by atoms with Crippen LogP contribution in [0.3, 0.4) is 0 Å². The molecule has 17 heavy (non-hydrogen) atoms. The Bertz CT molecular complexity index is 329. The molecule has 0 aliphatic carbocycles. The van der Waals surface area contributed by atoms with E-state index in [1.807, 2.05) is 5.43 Å². The van der Waals surface area contributed by atoms with Crippen LogP contribution in [0.5, 0.6) is 0 Å². The van der Waals surface area contributed by atoms with Gasteiger partial charge in [-0.2, -0.15) is 5.01 Å². The number of nitrogens with one attached hydrogen (secondary N) is 2. The van der Waals surface area contributed by atoms with Crippen LogP contribution in [0.15, 0.2) is 0 Å². The van der Waals surface area contributed by atoms with Crippen molar-refractivity contribution in [1.29, 1.82) is 0 Å². The van der Waals surface area contributed by atoms with E-state index in [0.29, 0.717) is 5.01 Å². The molecule has 0 aromatic carbocycles. The Hall–Kier alpha value is -1.96. The van der Waals surface area contributed by atoms with E-state index in [4.69, 9.17) is 5.84 Å². The maximum atomic E-state index is 11.5. The SMILES string of the molecule is CC(=O)NN(C(C)=O)C(=O)CCCC(=O)NN. The molecule has 0 aromatic rings. The van der Waals surface area contributed by atoms with Gasteiger partial charge in [-0.1, -0.05) is 0 Å². The number of rotatable bonds is 4. The Morgan fingerprint density at radius 3 is 2.12 bits per heavy atom. The monoisotopic (exact) mass is 244 g/mol. The Morgan fingerprint density at radius 2 is 1.71 bits per heavy atom. The number of nitrogens with zero attached hydrogens (tertiary/aromatic N) is 1. The number of hydrogen-bond acceptors (Lipinski definition) is 5. The second kappa shape index (κ2) is 7.34. The Balaban J connectivity index is 4.20. The summed E-state index contributed by atoms with van der Waals surface area (Å²) in [6.07, 6.45) is 0.284. The zero-order chi connectivity index (χ0) is 13.4. The van der Waals surface area contributed by atoms with Gasteiger partial charge in [0.25, 0.3) is 0 Å². The average molecular weight is 244 g/mol. The summed E-state index contributed by atoms with van der Waals surface area (Å²) in [7, 11) is 0. The van der Waals surface area contributed by atoms with Gasteiger partial charge in [0.1, 0.15) is 0 Å². The van der Waals surface area contributed by atoms with Gasteiger partial charge in [0, 0.05) is 26.7 Å². The molecule has 0 radical (unpaired) electrons. The van der Waals surface area contributed by atoms with Gasteiger partial charge in [-0.25, -0.2) is 5.84 Å². The fourth-order valence-corrected chi connectivity index (χ4v) is 1.06. The zero-order valence-corrected chi connectivity index (χ0v) is 9.78. The van der Waals surface area contributed by atoms with Crippen molar-refractivity contribution in [2.45, 2.75) is 33.1 Å². The lowest BCUT2D eigenvalue weighted by Gasteiger charge is -2.18. The molecule has 4 N–H and O–H groups in total. The van der Waals surface area contributed by atoms with Crippen LogP contribution in [0.1, 0.15) is 33.1 Å². The van der Waals surface area contributed by atoms with Crippen LogP contribution in [0, 0.1) is 0 Å². The molecule has 8 nitrogen and oxygen atoms in total. The van der Waals surface area contributed by atoms with Crippen LogP contribution >= 0.6 is 0 Å². The maximum Gasteiger partial charge on any atom is 0.248 e. The molecule has 0 aliphatic rings. The third-order valence-corrected chi connectivity index (χ3v) is 1.79. The van der Waals surface area contributed by atoms with Crippen molar-refractivity contribution in [3.05, 3.63) is 0 Å². The molecular formula is C9H16N4O4. The molecule has 0 heterocycles. The minimum atomic E-state index is -0.589. The molecule has 0 saturated heterocycles. The Morgan fingerprint density at radius 1 is 1.12 bits per heavy atom. The molecule has 0 aromatic heterocycles. The van der Waals surface area contributed by atoms with Crippen molar-refractivity contribution in [3.8, 4) is 0 Å². The van der Waals surface area contributed by atoms with Gasteiger partial charge >= 0.3 is 0 Å². The highest BCUT2D eigenvalue weighted by molar-refractivity contribution is 5.96. The molecule has 0 aliphatic heterocycles. The summed E-state index contributed by atoms with van der Waals surface area (Å²) in [4.78, 5) is 44.1. The van der Waals surface area contributed by atoms with E-state index in [9.17, 15) is 19.2 Å². The third kappa shape index (κ3) is 6.25. The van der Waals surface area contributed by atoms with Crippen LogP contribution in [-0.2, 0) is 19.2 Å².